The van der Waals surface area contributed by atoms with Crippen molar-refractivity contribution in [1.29, 1.82) is 0 Å². The number of esters is 2. The summed E-state index contributed by atoms with van der Waals surface area (Å²) in [7, 11) is 0. The summed E-state index contributed by atoms with van der Waals surface area (Å²) < 4.78 is 21.6. The number of aliphatic hydroxyl groups is 3. The van der Waals surface area contributed by atoms with Gasteiger partial charge in [-0.05, 0) is 83.5 Å². The predicted molar refractivity (Wildman–Crippen MR) is 220 cm³/mol. The summed E-state index contributed by atoms with van der Waals surface area (Å²) in [4.78, 5) is 36.7. The number of unbranched alkanes of at least 4 members (excludes halogenated alkanes) is 7. The molecule has 1 saturated heterocycles. The lowest BCUT2D eigenvalue weighted by Gasteiger charge is -2.38. The van der Waals surface area contributed by atoms with Gasteiger partial charge >= 0.3 is 17.9 Å². The molecule has 0 aromatic carbocycles. The van der Waals surface area contributed by atoms with E-state index in [4.69, 9.17) is 18.9 Å². The molecule has 0 aliphatic carbocycles. The van der Waals surface area contributed by atoms with Crippen molar-refractivity contribution in [2.24, 2.45) is 0 Å². The number of hydrogen-bond acceptors (Lipinski definition) is 10. The number of carbonyl (C=O) groups is 3. The van der Waals surface area contributed by atoms with Crippen LogP contribution in [0.25, 0.3) is 0 Å². The lowest BCUT2D eigenvalue weighted by molar-refractivity contribution is -0.298. The van der Waals surface area contributed by atoms with E-state index in [9.17, 15) is 34.8 Å². The molecule has 6 unspecified atom stereocenters. The fraction of sp³-hybridized carbons (Fsp3) is 0.622. The first-order chi connectivity index (χ1) is 27.2. The predicted octanol–water partition coefficient (Wildman–Crippen LogP) is 8.31. The van der Waals surface area contributed by atoms with Crippen LogP contribution in [0, 0.1) is 0 Å². The highest BCUT2D eigenvalue weighted by Gasteiger charge is 2.47. The third kappa shape index (κ3) is 26.3. The van der Waals surface area contributed by atoms with Crippen LogP contribution >= 0.6 is 0 Å². The van der Waals surface area contributed by atoms with Gasteiger partial charge in [-0.15, -0.1) is 0 Å². The van der Waals surface area contributed by atoms with Crippen LogP contribution in [0.1, 0.15) is 129 Å². The third-order valence-corrected chi connectivity index (χ3v) is 8.74. The van der Waals surface area contributed by atoms with E-state index in [2.05, 4.69) is 98.9 Å². The Bertz CT molecular complexity index is 1250. The average molecular weight is 787 g/mol. The second-order valence-corrected chi connectivity index (χ2v) is 13.7. The first kappa shape index (κ1) is 50.4. The molecule has 0 radical (unpaired) electrons. The van der Waals surface area contributed by atoms with E-state index in [0.29, 0.717) is 12.8 Å². The highest BCUT2D eigenvalue weighted by Crippen LogP contribution is 2.23. The minimum absolute atomic E-state index is 0.149. The first-order valence-electron chi connectivity index (χ1n) is 20.6. The van der Waals surface area contributed by atoms with Gasteiger partial charge in [0.1, 0.15) is 24.9 Å². The second-order valence-electron chi connectivity index (χ2n) is 13.7. The molecule has 11 heteroatoms. The molecule has 1 aliphatic heterocycles. The van der Waals surface area contributed by atoms with Crippen LogP contribution in [-0.2, 0) is 33.3 Å². The van der Waals surface area contributed by atoms with E-state index in [1.54, 1.807) is 0 Å². The molecule has 4 N–H and O–H groups in total. The number of carbonyl (C=O) groups excluding carboxylic acids is 2. The Morgan fingerprint density at radius 3 is 1.54 bits per heavy atom. The summed E-state index contributed by atoms with van der Waals surface area (Å²) in [6, 6.07) is 0. The van der Waals surface area contributed by atoms with Gasteiger partial charge in [0.15, 0.2) is 18.5 Å². The zero-order valence-corrected chi connectivity index (χ0v) is 33.8. The van der Waals surface area contributed by atoms with Crippen LogP contribution in [0.3, 0.4) is 0 Å². The maximum Gasteiger partial charge on any atom is 0.335 e. The van der Waals surface area contributed by atoms with Gasteiger partial charge in [-0.3, -0.25) is 9.59 Å². The standard InChI is InChI=1S/C45H70O11/c1-3-5-7-9-11-13-15-17-19-21-23-25-27-29-31-33-38(46)53-35-37(36-54-45-42(50)40(48)41(49)43(56-45)44(51)52)55-39(47)34-32-30-28-26-24-22-20-18-16-14-12-10-8-6-4-2/h5-8,11-14,17-20,23,25,37,40-43,45,48-50H,3-4,9-10,15-16,21-22,24,26-36H2,1-2H3,(H,51,52)/b7-5-,8-6-,13-11-,14-12-,19-17-,20-18-,25-23-. The van der Waals surface area contributed by atoms with Crippen LogP contribution in [0.15, 0.2) is 85.1 Å². The quantitative estimate of drug-likeness (QED) is 0.0294. The van der Waals surface area contributed by atoms with E-state index in [-0.39, 0.29) is 19.4 Å². The van der Waals surface area contributed by atoms with Crippen molar-refractivity contribution in [2.75, 3.05) is 13.2 Å². The highest BCUT2D eigenvalue weighted by atomic mass is 16.7. The molecule has 0 aromatic rings. The summed E-state index contributed by atoms with van der Waals surface area (Å²) >= 11 is 0. The summed E-state index contributed by atoms with van der Waals surface area (Å²) in [5.74, 6) is -2.54. The van der Waals surface area contributed by atoms with E-state index < -0.39 is 61.3 Å². The molecular weight excluding hydrogens is 716 g/mol. The minimum atomic E-state index is -1.87. The Balaban J connectivity index is 2.47. The normalized spacial score (nSPS) is 21.2. The van der Waals surface area contributed by atoms with Crippen molar-refractivity contribution in [2.45, 2.75) is 166 Å². The Hall–Kier alpha value is -3.61. The van der Waals surface area contributed by atoms with Gasteiger partial charge in [-0.25, -0.2) is 4.79 Å². The number of hydrogen-bond donors (Lipinski definition) is 4. The van der Waals surface area contributed by atoms with Gasteiger partial charge in [-0.1, -0.05) is 118 Å². The van der Waals surface area contributed by atoms with Gasteiger partial charge in [0.05, 0.1) is 6.61 Å². The Morgan fingerprint density at radius 1 is 0.554 bits per heavy atom. The van der Waals surface area contributed by atoms with Crippen molar-refractivity contribution in [3.05, 3.63) is 85.1 Å². The van der Waals surface area contributed by atoms with Crippen LogP contribution in [0.4, 0.5) is 0 Å². The molecule has 1 rings (SSSR count). The van der Waals surface area contributed by atoms with Crippen molar-refractivity contribution in [3.8, 4) is 0 Å². The number of allylic oxidation sites excluding steroid dienone is 14. The molecule has 316 valence electrons. The Morgan fingerprint density at radius 2 is 1.00 bits per heavy atom. The molecule has 11 nitrogen and oxygen atoms in total. The monoisotopic (exact) mass is 786 g/mol. The van der Waals surface area contributed by atoms with Crippen molar-refractivity contribution >= 4 is 17.9 Å². The van der Waals surface area contributed by atoms with Gasteiger partial charge < -0.3 is 39.4 Å². The van der Waals surface area contributed by atoms with E-state index >= 15 is 0 Å². The molecule has 1 fully saturated rings. The zero-order valence-electron chi connectivity index (χ0n) is 33.8. The first-order valence-corrected chi connectivity index (χ1v) is 20.6. The number of rotatable bonds is 32. The molecule has 0 spiro atoms. The number of aliphatic carboxylic acids is 1. The SMILES string of the molecule is CC/C=C\C/C=C\C/C=C\C/C=C\CCCCC(=O)OCC(COC1OC(C(=O)O)C(O)C(O)C1O)OC(=O)CCCCCCC/C=C\C/C=C\C/C=C\CC. The zero-order chi connectivity index (χ0) is 41.1. The topological polar surface area (TPSA) is 169 Å². The van der Waals surface area contributed by atoms with Crippen molar-refractivity contribution in [3.63, 3.8) is 0 Å². The molecule has 1 aliphatic rings. The molecular formula is C45H70O11. The molecule has 0 bridgehead atoms. The number of aliphatic hydroxyl groups excluding tert-OH is 3. The summed E-state index contributed by atoms with van der Waals surface area (Å²) in [5.41, 5.74) is 0. The van der Waals surface area contributed by atoms with Crippen LogP contribution < -0.4 is 0 Å². The maximum absolute atomic E-state index is 12.7. The molecule has 1 heterocycles. The summed E-state index contributed by atoms with van der Waals surface area (Å²) in [5, 5.41) is 39.7. The molecule has 56 heavy (non-hydrogen) atoms. The molecule has 0 saturated carbocycles. The molecule has 0 amide bonds. The van der Waals surface area contributed by atoms with Gasteiger partial charge in [0.2, 0.25) is 0 Å². The van der Waals surface area contributed by atoms with Crippen LogP contribution in [0.5, 0.6) is 0 Å². The van der Waals surface area contributed by atoms with E-state index in [0.717, 1.165) is 89.9 Å². The van der Waals surface area contributed by atoms with Crippen LogP contribution in [-0.4, -0.2) is 88.4 Å². The fourth-order valence-corrected chi connectivity index (χ4v) is 5.53. The number of ether oxygens (including phenoxy) is 4. The lowest BCUT2D eigenvalue weighted by Crippen LogP contribution is -2.60. The molecule has 6 atom stereocenters. The van der Waals surface area contributed by atoms with Crippen molar-refractivity contribution < 1.29 is 53.8 Å². The van der Waals surface area contributed by atoms with Gasteiger partial charge in [0, 0.05) is 12.8 Å². The summed E-state index contributed by atoms with van der Waals surface area (Å²) in [6.07, 6.45) is 35.0. The highest BCUT2D eigenvalue weighted by molar-refractivity contribution is 5.73. The summed E-state index contributed by atoms with van der Waals surface area (Å²) in [6.45, 7) is 3.50. The van der Waals surface area contributed by atoms with Gasteiger partial charge in [-0.2, -0.15) is 0 Å². The Labute approximate surface area is 335 Å². The Kier molecular flexibility index (Phi) is 31.2. The maximum atomic E-state index is 12.7. The van der Waals surface area contributed by atoms with Gasteiger partial charge in [0.25, 0.3) is 0 Å². The number of carboxylic acids is 1. The van der Waals surface area contributed by atoms with Crippen LogP contribution in [0.2, 0.25) is 0 Å². The number of carboxylic acid groups (broad SMARTS) is 1. The van der Waals surface area contributed by atoms with Crippen molar-refractivity contribution in [1.82, 2.24) is 0 Å². The third-order valence-electron chi connectivity index (χ3n) is 8.74. The minimum Gasteiger partial charge on any atom is -0.479 e. The van der Waals surface area contributed by atoms with E-state index in [1.165, 1.54) is 0 Å². The average Bonchev–Trinajstić information content (AvgIpc) is 3.18. The largest absolute Gasteiger partial charge is 0.479 e. The lowest BCUT2D eigenvalue weighted by atomic mass is 9.99. The molecule has 0 aromatic heterocycles. The fourth-order valence-electron chi connectivity index (χ4n) is 5.53. The van der Waals surface area contributed by atoms with E-state index in [1.807, 2.05) is 0 Å². The second kappa shape index (κ2) is 34.6. The smallest absolute Gasteiger partial charge is 0.335 e.